The second-order valence-electron chi connectivity index (χ2n) is 9.18. The zero-order valence-electron chi connectivity index (χ0n) is 17.1. The number of rotatable bonds is 3. The molecule has 2 N–H and O–H groups in total. The summed E-state index contributed by atoms with van der Waals surface area (Å²) in [5.41, 5.74) is 0.949. The maximum Gasteiger partial charge on any atom is 0.185 e. The molecule has 1 aromatic rings. The van der Waals surface area contributed by atoms with Crippen molar-refractivity contribution < 1.29 is 15.2 Å². The third-order valence-corrected chi connectivity index (χ3v) is 4.44. The highest BCUT2D eigenvalue weighted by molar-refractivity contribution is 6.11. The van der Waals surface area contributed by atoms with Crippen LogP contribution < -0.4 is 5.23 Å². The summed E-state index contributed by atoms with van der Waals surface area (Å²) in [5, 5.41) is 26.9. The van der Waals surface area contributed by atoms with Crippen LogP contribution in [0.1, 0.15) is 48.5 Å². The van der Waals surface area contributed by atoms with E-state index in [4.69, 9.17) is 10.4 Å². The van der Waals surface area contributed by atoms with Crippen molar-refractivity contribution in [3.63, 3.8) is 0 Å². The van der Waals surface area contributed by atoms with E-state index in [0.29, 0.717) is 5.69 Å². The second-order valence-corrected chi connectivity index (χ2v) is 9.18. The van der Waals surface area contributed by atoms with E-state index >= 15 is 0 Å². The Kier molecular flexibility index (Phi) is 5.46. The second kappa shape index (κ2) is 7.02. The summed E-state index contributed by atoms with van der Waals surface area (Å²) in [7, 11) is 0. The van der Waals surface area contributed by atoms with E-state index in [1.807, 2.05) is 60.6 Å². The summed E-state index contributed by atoms with van der Waals surface area (Å²) in [4.78, 5) is 13.0. The van der Waals surface area contributed by atoms with E-state index < -0.39 is 5.54 Å². The van der Waals surface area contributed by atoms with Gasteiger partial charge in [0.1, 0.15) is 5.54 Å². The molecule has 0 bridgehead atoms. The van der Waals surface area contributed by atoms with E-state index in [9.17, 15) is 4.79 Å². The fourth-order valence-corrected chi connectivity index (χ4v) is 2.89. The molecule has 0 saturated heterocycles. The van der Waals surface area contributed by atoms with Gasteiger partial charge in [0.15, 0.2) is 5.78 Å². The average Bonchev–Trinajstić information content (AvgIpc) is 2.53. The van der Waals surface area contributed by atoms with Crippen LogP contribution in [0.3, 0.4) is 0 Å². The SMILES string of the molecule is CC1(N=Nc2ccc(N(O)O)cc2)C=C(C(C)(C)C)C(=O)C(C(C)(C)C)=C1. The van der Waals surface area contributed by atoms with Gasteiger partial charge in [-0.2, -0.15) is 10.2 Å². The van der Waals surface area contributed by atoms with Crippen LogP contribution in [0.15, 0.2) is 57.8 Å². The Balaban J connectivity index is 2.46. The van der Waals surface area contributed by atoms with E-state index in [2.05, 4.69) is 10.2 Å². The first kappa shape index (κ1) is 21.0. The number of nitrogens with zero attached hydrogens (tertiary/aromatic N) is 3. The molecule has 6 nitrogen and oxygen atoms in total. The van der Waals surface area contributed by atoms with E-state index in [-0.39, 0.29) is 27.5 Å². The lowest BCUT2D eigenvalue weighted by Gasteiger charge is -2.35. The molecular weight excluding hydrogens is 342 g/mol. The number of allylic oxidation sites excluding steroid dienone is 2. The summed E-state index contributed by atoms with van der Waals surface area (Å²) in [6.07, 6.45) is 3.79. The summed E-state index contributed by atoms with van der Waals surface area (Å²) in [6, 6.07) is 6.32. The van der Waals surface area contributed by atoms with Crippen LogP contribution in [0, 0.1) is 10.8 Å². The Bertz CT molecular complexity index is 771. The van der Waals surface area contributed by atoms with Crippen LogP contribution in [-0.4, -0.2) is 21.7 Å². The summed E-state index contributed by atoms with van der Waals surface area (Å²) < 4.78 is 0. The minimum absolute atomic E-state index is 0.0473. The Labute approximate surface area is 160 Å². The highest BCUT2D eigenvalue weighted by Crippen LogP contribution is 2.41. The quantitative estimate of drug-likeness (QED) is 0.532. The minimum atomic E-state index is -0.738. The van der Waals surface area contributed by atoms with Crippen molar-refractivity contribution in [1.29, 1.82) is 0 Å². The summed E-state index contributed by atoms with van der Waals surface area (Å²) in [5.74, 6) is 0.0676. The van der Waals surface area contributed by atoms with Gasteiger partial charge in [-0.25, -0.2) is 0 Å². The van der Waals surface area contributed by atoms with Gasteiger partial charge in [-0.3, -0.25) is 15.2 Å². The molecule has 0 heterocycles. The molecule has 0 amide bonds. The number of carbonyl (C=O) groups is 1. The predicted molar refractivity (Wildman–Crippen MR) is 105 cm³/mol. The number of carbonyl (C=O) groups excluding carboxylic acids is 1. The van der Waals surface area contributed by atoms with Crippen LogP contribution in [0.4, 0.5) is 11.4 Å². The highest BCUT2D eigenvalue weighted by atomic mass is 16.8. The van der Waals surface area contributed by atoms with Gasteiger partial charge in [-0.15, -0.1) is 5.23 Å². The number of Topliss-reactive ketones (excluding diaryl/α,β-unsaturated/α-hetero) is 1. The fourth-order valence-electron chi connectivity index (χ4n) is 2.89. The molecule has 1 aliphatic carbocycles. The average molecular weight is 371 g/mol. The maximum absolute atomic E-state index is 13.0. The highest BCUT2D eigenvalue weighted by Gasteiger charge is 2.39. The molecule has 0 saturated carbocycles. The van der Waals surface area contributed by atoms with Gasteiger partial charge in [0, 0.05) is 11.1 Å². The van der Waals surface area contributed by atoms with Gasteiger partial charge in [-0.05, 0) is 54.2 Å². The summed E-state index contributed by atoms with van der Waals surface area (Å²) in [6.45, 7) is 14.1. The van der Waals surface area contributed by atoms with Crippen molar-refractivity contribution in [3.05, 3.63) is 47.6 Å². The first-order chi connectivity index (χ1) is 12.2. The Morgan fingerprint density at radius 2 is 1.33 bits per heavy atom. The van der Waals surface area contributed by atoms with Gasteiger partial charge in [0.25, 0.3) is 0 Å². The molecule has 1 aromatic carbocycles. The van der Waals surface area contributed by atoms with Gasteiger partial charge >= 0.3 is 0 Å². The smallest absolute Gasteiger partial charge is 0.185 e. The third kappa shape index (κ3) is 4.90. The molecule has 0 radical (unpaired) electrons. The van der Waals surface area contributed by atoms with Crippen molar-refractivity contribution in [2.45, 2.75) is 54.0 Å². The molecule has 146 valence electrons. The minimum Gasteiger partial charge on any atom is -0.289 e. The zero-order valence-corrected chi connectivity index (χ0v) is 17.1. The Hall–Kier alpha value is -2.31. The van der Waals surface area contributed by atoms with Crippen molar-refractivity contribution >= 4 is 17.2 Å². The standard InChI is InChI=1S/C21H29N3O3/c1-19(2,3)16-12-21(7,13-17(18(16)25)20(4,5)6)23-22-14-8-10-15(11-9-14)24(26)27/h8-13,26-27H,1-7H3. The Morgan fingerprint density at radius 3 is 1.70 bits per heavy atom. The molecule has 27 heavy (non-hydrogen) atoms. The molecule has 0 aromatic heterocycles. The number of ketones is 1. The third-order valence-electron chi connectivity index (χ3n) is 4.44. The number of hydrogen-bond acceptors (Lipinski definition) is 6. The van der Waals surface area contributed by atoms with Crippen LogP contribution >= 0.6 is 0 Å². The molecule has 0 aliphatic heterocycles. The van der Waals surface area contributed by atoms with Crippen molar-refractivity contribution in [2.24, 2.45) is 21.1 Å². The molecule has 6 heteroatoms. The van der Waals surface area contributed by atoms with Crippen LogP contribution in [0.2, 0.25) is 0 Å². The van der Waals surface area contributed by atoms with Gasteiger partial charge < -0.3 is 0 Å². The van der Waals surface area contributed by atoms with Crippen molar-refractivity contribution in [3.8, 4) is 0 Å². The maximum atomic E-state index is 13.0. The Morgan fingerprint density at radius 1 is 0.889 bits per heavy atom. The van der Waals surface area contributed by atoms with Crippen molar-refractivity contribution in [2.75, 3.05) is 5.23 Å². The number of anilines is 1. The van der Waals surface area contributed by atoms with Crippen LogP contribution in [0.5, 0.6) is 0 Å². The van der Waals surface area contributed by atoms with E-state index in [0.717, 1.165) is 11.1 Å². The lowest BCUT2D eigenvalue weighted by atomic mass is 9.69. The summed E-state index contributed by atoms with van der Waals surface area (Å²) >= 11 is 0. The first-order valence-electron chi connectivity index (χ1n) is 8.95. The van der Waals surface area contributed by atoms with Crippen LogP contribution in [-0.2, 0) is 4.79 Å². The van der Waals surface area contributed by atoms with Gasteiger partial charge in [0.2, 0.25) is 0 Å². The molecule has 0 atom stereocenters. The number of azo groups is 1. The monoisotopic (exact) mass is 371 g/mol. The van der Waals surface area contributed by atoms with Gasteiger partial charge in [-0.1, -0.05) is 41.5 Å². The largest absolute Gasteiger partial charge is 0.289 e. The molecule has 1 aliphatic rings. The zero-order chi connectivity index (χ0) is 20.6. The first-order valence-corrected chi connectivity index (χ1v) is 8.95. The van der Waals surface area contributed by atoms with Crippen molar-refractivity contribution in [1.82, 2.24) is 0 Å². The van der Waals surface area contributed by atoms with E-state index in [1.54, 1.807) is 12.1 Å². The van der Waals surface area contributed by atoms with Gasteiger partial charge in [0.05, 0.1) is 11.4 Å². The number of benzene rings is 1. The predicted octanol–water partition coefficient (Wildman–Crippen LogP) is 5.64. The molecule has 0 fully saturated rings. The molecule has 0 spiro atoms. The molecule has 0 unspecified atom stereocenters. The number of hydrogen-bond donors (Lipinski definition) is 2. The lowest BCUT2D eigenvalue weighted by Crippen LogP contribution is -2.34. The molecule has 2 rings (SSSR count). The van der Waals surface area contributed by atoms with E-state index in [1.165, 1.54) is 12.1 Å². The lowest BCUT2D eigenvalue weighted by molar-refractivity contribution is -0.114. The fraction of sp³-hybridized carbons (Fsp3) is 0.476. The molecular formula is C21H29N3O3. The normalized spacial score (nSPS) is 17.7. The topological polar surface area (TPSA) is 85.5 Å². The van der Waals surface area contributed by atoms with Crippen LogP contribution in [0.25, 0.3) is 0 Å².